The van der Waals surface area contributed by atoms with E-state index in [0.29, 0.717) is 19.3 Å². The first-order chi connectivity index (χ1) is 55.2. The zero-order valence-corrected chi connectivity index (χ0v) is 73.6. The van der Waals surface area contributed by atoms with Gasteiger partial charge in [0, 0.05) is 19.3 Å². The SMILES string of the molecule is CC/C=C\C/C=C\C/C=C\CCCCCCCCCC(=O)OC(COC(=O)CCCCCCCCCCCCCCC/C=C\C/C=C\C/C=C\C/C=C\CCCCC)COP(=O)(O)OCC(O)COP(=O)(O)OCC(O)COC(=O)CCCCCCCCCCCCCCCCC/C=C\C/C=C\C/C=C\C/C=C\CCCCC. The summed E-state index contributed by atoms with van der Waals surface area (Å²) in [4.78, 5) is 58.9. The number of carbonyl (C=O) groups excluding carboxylic acids is 3. The fraction of sp³-hybridized carbons (Fsp3) is 0.737. The summed E-state index contributed by atoms with van der Waals surface area (Å²) >= 11 is 0. The average Bonchev–Trinajstić information content (AvgIpc) is 0.901. The fourth-order valence-corrected chi connectivity index (χ4v) is 14.0. The summed E-state index contributed by atoms with van der Waals surface area (Å²) < 4.78 is 61.4. The van der Waals surface area contributed by atoms with Crippen molar-refractivity contribution < 1.29 is 75.8 Å². The molecule has 0 aromatic heterocycles. The van der Waals surface area contributed by atoms with Gasteiger partial charge in [-0.05, 0) is 141 Å². The van der Waals surface area contributed by atoms with Gasteiger partial charge in [-0.15, -0.1) is 0 Å². The molecule has 0 fully saturated rings. The summed E-state index contributed by atoms with van der Waals surface area (Å²) in [6, 6.07) is 0. The van der Waals surface area contributed by atoms with Crippen molar-refractivity contribution in [3.8, 4) is 0 Å². The summed E-state index contributed by atoms with van der Waals surface area (Å²) in [5.74, 6) is -1.57. The third-order valence-electron chi connectivity index (χ3n) is 19.3. The Morgan fingerprint density at radius 1 is 0.257 bits per heavy atom. The van der Waals surface area contributed by atoms with Gasteiger partial charge < -0.3 is 34.2 Å². The molecule has 0 aliphatic rings. The van der Waals surface area contributed by atoms with E-state index in [9.17, 15) is 43.5 Å². The highest BCUT2D eigenvalue weighted by atomic mass is 31.2. The van der Waals surface area contributed by atoms with E-state index >= 15 is 0 Å². The van der Waals surface area contributed by atoms with Gasteiger partial charge in [0.05, 0.1) is 26.4 Å². The molecule has 5 atom stereocenters. The van der Waals surface area contributed by atoms with Crippen molar-refractivity contribution in [2.45, 2.75) is 411 Å². The number of esters is 3. The summed E-state index contributed by atoms with van der Waals surface area (Å²) in [6.07, 6.45) is 108. The van der Waals surface area contributed by atoms with E-state index in [1.165, 1.54) is 180 Å². The molecule has 16 nitrogen and oxygen atoms in total. The van der Waals surface area contributed by atoms with Gasteiger partial charge in [-0.1, -0.05) is 366 Å². The van der Waals surface area contributed by atoms with E-state index in [1.807, 2.05) is 0 Å². The molecule has 0 saturated heterocycles. The molecule has 0 radical (unpaired) electrons. The van der Waals surface area contributed by atoms with E-state index in [0.717, 1.165) is 154 Å². The van der Waals surface area contributed by atoms with Crippen molar-refractivity contribution in [2.75, 3.05) is 39.6 Å². The van der Waals surface area contributed by atoms with Crippen LogP contribution in [-0.4, -0.2) is 95.9 Å². The largest absolute Gasteiger partial charge is 0.472 e. The van der Waals surface area contributed by atoms with Gasteiger partial charge >= 0.3 is 33.6 Å². The second kappa shape index (κ2) is 87.0. The standard InChI is InChI=1S/C95H166O16P2/c1-4-7-10-13-16-19-22-25-28-31-33-35-37-39-41-43-44-46-48-49-51-53-55-58-60-63-66-69-72-75-78-81-93(98)105-84-90(96)85-107-112(101,102)108-86-91(97)87-109-113(103,104)110-89-92(111-95(100)83-80-77-74-71-68-65-62-57-30-27-24-21-18-15-12-9-6-3)88-106-94(99)82-79-76-73-70-67-64-61-59-56-54-52-50-47-45-42-40-38-36-34-32-29-26-23-20-17-14-11-8-5-2/h9,12,16-21,25-30,33-36,39-42,90-92,96-97H,4-8,10-11,13-15,22-24,31-32,37-38,43-89H2,1-3H3,(H,101,102)(H,103,104)/b12-9-,19-16-,20-17-,21-18-,28-25-,29-26-,30-27-,35-33-,36-34-,41-39-,42-40-. The number of rotatable bonds is 86. The van der Waals surface area contributed by atoms with Crippen LogP contribution in [0.4, 0.5) is 0 Å². The Kier molecular flexibility index (Phi) is 83.7. The van der Waals surface area contributed by atoms with Crippen molar-refractivity contribution >= 4 is 33.6 Å². The summed E-state index contributed by atoms with van der Waals surface area (Å²) in [5, 5.41) is 20.7. The van der Waals surface area contributed by atoms with Gasteiger partial charge in [-0.3, -0.25) is 32.5 Å². The molecule has 0 amide bonds. The number of carbonyl (C=O) groups is 3. The maximum absolute atomic E-state index is 13.0. The Hall–Kier alpha value is -4.31. The van der Waals surface area contributed by atoms with E-state index in [4.69, 9.17) is 32.3 Å². The fourth-order valence-electron chi connectivity index (χ4n) is 12.4. The number of aliphatic hydroxyl groups excluding tert-OH is 2. The van der Waals surface area contributed by atoms with E-state index < -0.39 is 91.5 Å². The van der Waals surface area contributed by atoms with Crippen molar-refractivity contribution in [1.82, 2.24) is 0 Å². The molecule has 0 heterocycles. The molecule has 0 aliphatic carbocycles. The average molecular weight is 1630 g/mol. The van der Waals surface area contributed by atoms with Crippen LogP contribution >= 0.6 is 15.6 Å². The van der Waals surface area contributed by atoms with E-state index in [-0.39, 0.29) is 19.3 Å². The topological polar surface area (TPSA) is 231 Å². The molecule has 5 unspecified atom stereocenters. The second-order valence-electron chi connectivity index (χ2n) is 30.4. The molecule has 113 heavy (non-hydrogen) atoms. The number of phosphoric acid groups is 2. The highest BCUT2D eigenvalue weighted by molar-refractivity contribution is 7.47. The molecule has 4 N–H and O–H groups in total. The van der Waals surface area contributed by atoms with Gasteiger partial charge in [0.2, 0.25) is 0 Å². The molecule has 18 heteroatoms. The summed E-state index contributed by atoms with van der Waals surface area (Å²) in [5.41, 5.74) is 0. The maximum atomic E-state index is 13.0. The normalized spacial score (nSPS) is 14.4. The number of ether oxygens (including phenoxy) is 3. The predicted molar refractivity (Wildman–Crippen MR) is 473 cm³/mol. The second-order valence-corrected chi connectivity index (χ2v) is 33.3. The van der Waals surface area contributed by atoms with Crippen LogP contribution in [0.3, 0.4) is 0 Å². The van der Waals surface area contributed by atoms with Crippen molar-refractivity contribution in [3.05, 3.63) is 134 Å². The molecule has 0 spiro atoms. The quantitative estimate of drug-likeness (QED) is 0.0146. The maximum Gasteiger partial charge on any atom is 0.472 e. The minimum absolute atomic E-state index is 0.0919. The lowest BCUT2D eigenvalue weighted by molar-refractivity contribution is -0.161. The van der Waals surface area contributed by atoms with Gasteiger partial charge in [0.1, 0.15) is 25.4 Å². The van der Waals surface area contributed by atoms with Crippen molar-refractivity contribution in [2.24, 2.45) is 0 Å². The van der Waals surface area contributed by atoms with Gasteiger partial charge in [-0.2, -0.15) is 0 Å². The number of aliphatic hydroxyl groups is 2. The number of allylic oxidation sites excluding steroid dienone is 22. The molecular weight excluding hydrogens is 1460 g/mol. The zero-order valence-electron chi connectivity index (χ0n) is 71.8. The third kappa shape index (κ3) is 88.3. The van der Waals surface area contributed by atoms with Crippen LogP contribution in [0.5, 0.6) is 0 Å². The monoisotopic (exact) mass is 1630 g/mol. The Morgan fingerprint density at radius 3 is 0.743 bits per heavy atom. The lowest BCUT2D eigenvalue weighted by Gasteiger charge is -2.21. The van der Waals surface area contributed by atoms with Gasteiger partial charge in [0.25, 0.3) is 0 Å². The molecule has 0 rings (SSSR count). The van der Waals surface area contributed by atoms with Crippen molar-refractivity contribution in [1.29, 1.82) is 0 Å². The Balaban J connectivity index is 4.51. The van der Waals surface area contributed by atoms with Crippen molar-refractivity contribution in [3.63, 3.8) is 0 Å². The zero-order chi connectivity index (χ0) is 82.2. The van der Waals surface area contributed by atoms with Gasteiger partial charge in [0.15, 0.2) is 6.10 Å². The number of unbranched alkanes of at least 4 members (excludes halogenated alkanes) is 41. The first kappa shape index (κ1) is 109. The predicted octanol–water partition coefficient (Wildman–Crippen LogP) is 27.8. The molecular formula is C95H166O16P2. The molecule has 0 bridgehead atoms. The molecule has 0 aromatic rings. The number of hydrogen-bond acceptors (Lipinski definition) is 14. The van der Waals surface area contributed by atoms with Crippen LogP contribution in [-0.2, 0) is 55.8 Å². The van der Waals surface area contributed by atoms with Crippen LogP contribution in [0.25, 0.3) is 0 Å². The Bertz CT molecular complexity index is 2580. The summed E-state index contributed by atoms with van der Waals surface area (Å²) in [6.45, 7) is 2.56. The minimum atomic E-state index is -4.94. The minimum Gasteiger partial charge on any atom is -0.463 e. The highest BCUT2D eigenvalue weighted by Crippen LogP contribution is 2.45. The van der Waals surface area contributed by atoms with E-state index in [1.54, 1.807) is 0 Å². The number of hydrogen-bond donors (Lipinski definition) is 4. The molecule has 0 aromatic carbocycles. The smallest absolute Gasteiger partial charge is 0.463 e. The first-order valence-electron chi connectivity index (χ1n) is 45.5. The highest BCUT2D eigenvalue weighted by Gasteiger charge is 2.29. The number of phosphoric ester groups is 2. The lowest BCUT2D eigenvalue weighted by Crippen LogP contribution is -2.30. The van der Waals surface area contributed by atoms with Crippen LogP contribution in [0.1, 0.15) is 393 Å². The van der Waals surface area contributed by atoms with Crippen LogP contribution in [0.15, 0.2) is 134 Å². The Morgan fingerprint density at radius 2 is 0.469 bits per heavy atom. The molecule has 652 valence electrons. The molecule has 0 aliphatic heterocycles. The van der Waals surface area contributed by atoms with Crippen LogP contribution < -0.4 is 0 Å². The molecule has 0 saturated carbocycles. The van der Waals surface area contributed by atoms with E-state index in [2.05, 4.69) is 154 Å². The van der Waals surface area contributed by atoms with Crippen LogP contribution in [0.2, 0.25) is 0 Å². The summed E-state index contributed by atoms with van der Waals surface area (Å²) in [7, 11) is -9.80. The Labute approximate surface area is 690 Å². The van der Waals surface area contributed by atoms with Crippen LogP contribution in [0, 0.1) is 0 Å². The lowest BCUT2D eigenvalue weighted by atomic mass is 10.0. The first-order valence-corrected chi connectivity index (χ1v) is 48.5. The third-order valence-corrected chi connectivity index (χ3v) is 21.2. The van der Waals surface area contributed by atoms with Gasteiger partial charge in [-0.25, -0.2) is 9.13 Å².